The summed E-state index contributed by atoms with van der Waals surface area (Å²) < 4.78 is 5.47. The molecule has 0 aliphatic heterocycles. The van der Waals surface area contributed by atoms with Crippen LogP contribution in [0.25, 0.3) is 6.08 Å². The van der Waals surface area contributed by atoms with Gasteiger partial charge in [0, 0.05) is 6.54 Å². The molecule has 1 aromatic rings. The SMILES string of the molecule is CN(C)CCOCC(O)c1ccc2c(c1)CC=C2. The Labute approximate surface area is 109 Å². The molecule has 2 rings (SSSR count). The predicted molar refractivity (Wildman–Crippen MR) is 73.5 cm³/mol. The standard InChI is InChI=1S/C15H21NO2/c1-16(2)8-9-18-11-15(17)14-7-6-12-4-3-5-13(12)10-14/h3-4,6-7,10,15,17H,5,8-9,11H2,1-2H3. The second-order valence-corrected chi connectivity index (χ2v) is 4.96. The third kappa shape index (κ3) is 3.42. The van der Waals surface area contributed by atoms with E-state index in [1.807, 2.05) is 20.2 Å². The van der Waals surface area contributed by atoms with E-state index in [2.05, 4.69) is 29.2 Å². The minimum Gasteiger partial charge on any atom is -0.386 e. The summed E-state index contributed by atoms with van der Waals surface area (Å²) in [5, 5.41) is 10.1. The molecule has 0 radical (unpaired) electrons. The van der Waals surface area contributed by atoms with Gasteiger partial charge in [-0.2, -0.15) is 0 Å². The lowest BCUT2D eigenvalue weighted by Crippen LogP contribution is -2.19. The van der Waals surface area contributed by atoms with Crippen molar-refractivity contribution < 1.29 is 9.84 Å². The fourth-order valence-electron chi connectivity index (χ4n) is 2.02. The third-order valence-electron chi connectivity index (χ3n) is 3.15. The summed E-state index contributed by atoms with van der Waals surface area (Å²) in [4.78, 5) is 2.06. The second kappa shape index (κ2) is 6.14. The average Bonchev–Trinajstić information content (AvgIpc) is 2.81. The van der Waals surface area contributed by atoms with Crippen molar-refractivity contribution in [3.63, 3.8) is 0 Å². The van der Waals surface area contributed by atoms with Crippen LogP contribution in [0.3, 0.4) is 0 Å². The second-order valence-electron chi connectivity index (χ2n) is 4.96. The number of aliphatic hydroxyl groups is 1. The number of hydrogen-bond acceptors (Lipinski definition) is 3. The molecule has 1 aliphatic carbocycles. The first kappa shape index (κ1) is 13.3. The van der Waals surface area contributed by atoms with Gasteiger partial charge < -0.3 is 14.7 Å². The molecule has 98 valence electrons. The van der Waals surface area contributed by atoms with Crippen molar-refractivity contribution >= 4 is 6.08 Å². The zero-order valence-electron chi connectivity index (χ0n) is 11.1. The number of ether oxygens (including phenoxy) is 1. The van der Waals surface area contributed by atoms with Gasteiger partial charge in [0.05, 0.1) is 13.2 Å². The molecule has 0 amide bonds. The van der Waals surface area contributed by atoms with E-state index in [1.165, 1.54) is 11.1 Å². The third-order valence-corrected chi connectivity index (χ3v) is 3.15. The van der Waals surface area contributed by atoms with Gasteiger partial charge in [-0.05, 0) is 37.2 Å². The Morgan fingerprint density at radius 1 is 1.39 bits per heavy atom. The number of benzene rings is 1. The van der Waals surface area contributed by atoms with Gasteiger partial charge in [-0.3, -0.25) is 0 Å². The highest BCUT2D eigenvalue weighted by molar-refractivity contribution is 5.60. The lowest BCUT2D eigenvalue weighted by atomic mass is 10.0. The molecular weight excluding hydrogens is 226 g/mol. The molecule has 1 aliphatic rings. The van der Waals surface area contributed by atoms with Crippen LogP contribution in [0.15, 0.2) is 24.3 Å². The Hall–Kier alpha value is -1.16. The highest BCUT2D eigenvalue weighted by atomic mass is 16.5. The Kier molecular flexibility index (Phi) is 4.53. The molecule has 1 unspecified atom stereocenters. The summed E-state index contributed by atoms with van der Waals surface area (Å²) in [7, 11) is 4.01. The zero-order valence-corrected chi connectivity index (χ0v) is 11.1. The van der Waals surface area contributed by atoms with Crippen molar-refractivity contribution in [3.05, 3.63) is 41.0 Å². The number of nitrogens with zero attached hydrogens (tertiary/aromatic N) is 1. The van der Waals surface area contributed by atoms with Crippen LogP contribution in [-0.4, -0.2) is 43.9 Å². The number of aliphatic hydroxyl groups excluding tert-OH is 1. The molecule has 1 aromatic carbocycles. The fourth-order valence-corrected chi connectivity index (χ4v) is 2.02. The van der Waals surface area contributed by atoms with Gasteiger partial charge in [-0.25, -0.2) is 0 Å². The van der Waals surface area contributed by atoms with Crippen molar-refractivity contribution in [3.8, 4) is 0 Å². The van der Waals surface area contributed by atoms with Crippen LogP contribution < -0.4 is 0 Å². The average molecular weight is 247 g/mol. The van der Waals surface area contributed by atoms with E-state index in [4.69, 9.17) is 4.74 Å². The number of fused-ring (bicyclic) bond motifs is 1. The number of rotatable bonds is 6. The smallest absolute Gasteiger partial charge is 0.102 e. The Morgan fingerprint density at radius 3 is 3.00 bits per heavy atom. The monoisotopic (exact) mass is 247 g/mol. The summed E-state index contributed by atoms with van der Waals surface area (Å²) in [5.74, 6) is 0. The van der Waals surface area contributed by atoms with E-state index in [9.17, 15) is 5.11 Å². The van der Waals surface area contributed by atoms with Crippen LogP contribution >= 0.6 is 0 Å². The zero-order chi connectivity index (χ0) is 13.0. The molecular formula is C15H21NO2. The van der Waals surface area contributed by atoms with Gasteiger partial charge in [-0.15, -0.1) is 0 Å². The molecule has 1 N–H and O–H groups in total. The largest absolute Gasteiger partial charge is 0.386 e. The number of likely N-dealkylation sites (N-methyl/N-ethyl adjacent to an activating group) is 1. The molecule has 3 nitrogen and oxygen atoms in total. The Morgan fingerprint density at radius 2 is 2.22 bits per heavy atom. The molecule has 0 saturated carbocycles. The first-order valence-electron chi connectivity index (χ1n) is 6.36. The first-order valence-corrected chi connectivity index (χ1v) is 6.36. The topological polar surface area (TPSA) is 32.7 Å². The molecule has 18 heavy (non-hydrogen) atoms. The van der Waals surface area contributed by atoms with Crippen molar-refractivity contribution in [1.82, 2.24) is 4.90 Å². The van der Waals surface area contributed by atoms with Crippen LogP contribution in [0.2, 0.25) is 0 Å². The van der Waals surface area contributed by atoms with E-state index in [0.717, 1.165) is 18.5 Å². The van der Waals surface area contributed by atoms with E-state index in [1.54, 1.807) is 0 Å². The quantitative estimate of drug-likeness (QED) is 0.779. The summed E-state index contributed by atoms with van der Waals surface area (Å²) >= 11 is 0. The molecule has 0 aromatic heterocycles. The van der Waals surface area contributed by atoms with Gasteiger partial charge in [0.15, 0.2) is 0 Å². The fraction of sp³-hybridized carbons (Fsp3) is 0.467. The summed E-state index contributed by atoms with van der Waals surface area (Å²) in [6.07, 6.45) is 4.71. The van der Waals surface area contributed by atoms with Gasteiger partial charge in [0.1, 0.15) is 6.10 Å². The normalized spacial score (nSPS) is 15.1. The van der Waals surface area contributed by atoms with E-state index < -0.39 is 6.10 Å². The van der Waals surface area contributed by atoms with Crippen molar-refractivity contribution in [1.29, 1.82) is 0 Å². The van der Waals surface area contributed by atoms with Gasteiger partial charge in [0.2, 0.25) is 0 Å². The first-order chi connectivity index (χ1) is 8.66. The minimum atomic E-state index is -0.530. The molecule has 0 spiro atoms. The van der Waals surface area contributed by atoms with Gasteiger partial charge in [0.25, 0.3) is 0 Å². The Bertz CT molecular complexity index is 427. The summed E-state index contributed by atoms with van der Waals surface area (Å²) in [6.45, 7) is 1.89. The van der Waals surface area contributed by atoms with Crippen molar-refractivity contribution in [2.45, 2.75) is 12.5 Å². The summed E-state index contributed by atoms with van der Waals surface area (Å²) in [6, 6.07) is 6.13. The molecule has 0 heterocycles. The highest BCUT2D eigenvalue weighted by Crippen LogP contribution is 2.23. The highest BCUT2D eigenvalue weighted by Gasteiger charge is 2.11. The number of allylic oxidation sites excluding steroid dienone is 1. The van der Waals surface area contributed by atoms with Crippen molar-refractivity contribution in [2.24, 2.45) is 0 Å². The minimum absolute atomic E-state index is 0.361. The molecule has 0 fully saturated rings. The maximum absolute atomic E-state index is 10.1. The van der Waals surface area contributed by atoms with E-state index in [-0.39, 0.29) is 0 Å². The number of hydrogen-bond donors (Lipinski definition) is 1. The van der Waals surface area contributed by atoms with Crippen LogP contribution in [0.4, 0.5) is 0 Å². The predicted octanol–water partition coefficient (Wildman–Crippen LogP) is 1.87. The van der Waals surface area contributed by atoms with Crippen LogP contribution in [0.5, 0.6) is 0 Å². The van der Waals surface area contributed by atoms with E-state index in [0.29, 0.717) is 13.2 Å². The van der Waals surface area contributed by atoms with Gasteiger partial charge >= 0.3 is 0 Å². The van der Waals surface area contributed by atoms with Crippen LogP contribution in [0, 0.1) is 0 Å². The van der Waals surface area contributed by atoms with Crippen molar-refractivity contribution in [2.75, 3.05) is 33.9 Å². The van der Waals surface area contributed by atoms with Crippen LogP contribution in [-0.2, 0) is 11.2 Å². The lowest BCUT2D eigenvalue weighted by molar-refractivity contribution is 0.0306. The summed E-state index contributed by atoms with van der Waals surface area (Å²) in [5.41, 5.74) is 3.50. The maximum atomic E-state index is 10.1. The molecule has 0 bridgehead atoms. The molecule has 3 heteroatoms. The van der Waals surface area contributed by atoms with Gasteiger partial charge in [-0.1, -0.05) is 30.4 Å². The van der Waals surface area contributed by atoms with Crippen LogP contribution in [0.1, 0.15) is 22.8 Å². The molecule has 0 saturated heterocycles. The van der Waals surface area contributed by atoms with E-state index >= 15 is 0 Å². The lowest BCUT2D eigenvalue weighted by Gasteiger charge is -2.14. The maximum Gasteiger partial charge on any atom is 0.102 e. The molecule has 1 atom stereocenters. The Balaban J connectivity index is 1.84.